The SMILES string of the molecule is CN(C)S(=O)(=O)C1CCNC1. The number of nitrogens with one attached hydrogen (secondary N) is 1. The largest absolute Gasteiger partial charge is 0.315 e. The molecule has 0 spiro atoms. The molecule has 0 aliphatic carbocycles. The van der Waals surface area contributed by atoms with E-state index in [9.17, 15) is 8.42 Å². The number of nitrogens with zero attached hydrogens (tertiary/aromatic N) is 1. The number of hydrogen-bond acceptors (Lipinski definition) is 3. The summed E-state index contributed by atoms with van der Waals surface area (Å²) in [5.41, 5.74) is 0. The van der Waals surface area contributed by atoms with Crippen LogP contribution in [0.3, 0.4) is 0 Å². The molecule has 1 N–H and O–H groups in total. The summed E-state index contributed by atoms with van der Waals surface area (Å²) in [5, 5.41) is 2.82. The monoisotopic (exact) mass is 178 g/mol. The van der Waals surface area contributed by atoms with E-state index in [0.29, 0.717) is 6.54 Å². The second-order valence-electron chi connectivity index (χ2n) is 2.94. The minimum absolute atomic E-state index is 0.211. The van der Waals surface area contributed by atoms with E-state index < -0.39 is 10.0 Å². The first-order chi connectivity index (χ1) is 5.05. The third kappa shape index (κ3) is 1.72. The van der Waals surface area contributed by atoms with Gasteiger partial charge in [0.1, 0.15) is 0 Å². The molecule has 0 aromatic rings. The highest BCUT2D eigenvalue weighted by Crippen LogP contribution is 2.11. The van der Waals surface area contributed by atoms with Crippen LogP contribution in [0.4, 0.5) is 0 Å². The summed E-state index contributed by atoms with van der Waals surface area (Å²) in [6.45, 7) is 1.41. The van der Waals surface area contributed by atoms with E-state index in [1.165, 1.54) is 4.31 Å². The van der Waals surface area contributed by atoms with Crippen LogP contribution in [0.2, 0.25) is 0 Å². The average Bonchev–Trinajstić information content (AvgIpc) is 2.37. The van der Waals surface area contributed by atoms with Gasteiger partial charge in [-0.15, -0.1) is 0 Å². The first-order valence-electron chi connectivity index (χ1n) is 3.67. The van der Waals surface area contributed by atoms with Crippen LogP contribution in [0, 0.1) is 0 Å². The fourth-order valence-electron chi connectivity index (χ4n) is 1.18. The molecule has 0 amide bonds. The summed E-state index contributed by atoms with van der Waals surface area (Å²) >= 11 is 0. The van der Waals surface area contributed by atoms with Crippen molar-refractivity contribution >= 4 is 10.0 Å². The van der Waals surface area contributed by atoms with Crippen LogP contribution in [0.5, 0.6) is 0 Å². The summed E-state index contributed by atoms with van der Waals surface area (Å²) in [5.74, 6) is 0. The average molecular weight is 178 g/mol. The van der Waals surface area contributed by atoms with Gasteiger partial charge in [-0.1, -0.05) is 0 Å². The van der Waals surface area contributed by atoms with Crippen molar-refractivity contribution in [3.63, 3.8) is 0 Å². The molecule has 0 aromatic heterocycles. The zero-order chi connectivity index (χ0) is 8.48. The Balaban J connectivity index is 2.72. The van der Waals surface area contributed by atoms with Gasteiger partial charge in [0.25, 0.3) is 0 Å². The molecule has 0 radical (unpaired) electrons. The molecular weight excluding hydrogens is 164 g/mol. The van der Waals surface area contributed by atoms with Crippen LogP contribution in [0.25, 0.3) is 0 Å². The molecular formula is C6H14N2O2S. The van der Waals surface area contributed by atoms with Crippen molar-refractivity contribution < 1.29 is 8.42 Å². The highest BCUT2D eigenvalue weighted by molar-refractivity contribution is 7.89. The molecule has 1 atom stereocenters. The van der Waals surface area contributed by atoms with Crippen LogP contribution in [-0.4, -0.2) is 45.2 Å². The number of sulfonamides is 1. The maximum atomic E-state index is 11.4. The van der Waals surface area contributed by atoms with Gasteiger partial charge in [-0.2, -0.15) is 0 Å². The standard InChI is InChI=1S/C6H14N2O2S/c1-8(2)11(9,10)6-3-4-7-5-6/h6-7H,3-5H2,1-2H3. The Morgan fingerprint density at radius 3 is 2.45 bits per heavy atom. The third-order valence-corrected chi connectivity index (χ3v) is 4.21. The van der Waals surface area contributed by atoms with Crippen LogP contribution in [-0.2, 0) is 10.0 Å². The molecule has 1 aliphatic heterocycles. The van der Waals surface area contributed by atoms with Gasteiger partial charge in [-0.05, 0) is 13.0 Å². The van der Waals surface area contributed by atoms with Gasteiger partial charge < -0.3 is 5.32 Å². The fraction of sp³-hybridized carbons (Fsp3) is 1.00. The highest BCUT2D eigenvalue weighted by atomic mass is 32.2. The topological polar surface area (TPSA) is 49.4 Å². The second-order valence-corrected chi connectivity index (χ2v) is 5.37. The fourth-order valence-corrected chi connectivity index (χ4v) is 2.52. The van der Waals surface area contributed by atoms with E-state index in [-0.39, 0.29) is 5.25 Å². The van der Waals surface area contributed by atoms with Gasteiger partial charge >= 0.3 is 0 Å². The third-order valence-electron chi connectivity index (χ3n) is 1.95. The van der Waals surface area contributed by atoms with Crippen LogP contribution >= 0.6 is 0 Å². The molecule has 5 heteroatoms. The molecule has 0 aromatic carbocycles. The first-order valence-corrected chi connectivity index (χ1v) is 5.17. The van der Waals surface area contributed by atoms with E-state index in [1.807, 2.05) is 0 Å². The van der Waals surface area contributed by atoms with Gasteiger partial charge in [0.05, 0.1) is 5.25 Å². The lowest BCUT2D eigenvalue weighted by Gasteiger charge is -2.15. The van der Waals surface area contributed by atoms with Crippen molar-refractivity contribution in [2.45, 2.75) is 11.7 Å². The molecule has 4 nitrogen and oxygen atoms in total. The molecule has 1 unspecified atom stereocenters. The summed E-state index contributed by atoms with van der Waals surface area (Å²) < 4.78 is 24.1. The molecule has 1 fully saturated rings. The minimum atomic E-state index is -3.01. The number of hydrogen-bond donors (Lipinski definition) is 1. The van der Waals surface area contributed by atoms with E-state index in [1.54, 1.807) is 14.1 Å². The van der Waals surface area contributed by atoms with E-state index in [4.69, 9.17) is 0 Å². The van der Waals surface area contributed by atoms with Crippen LogP contribution in [0.1, 0.15) is 6.42 Å². The Kier molecular flexibility index (Phi) is 2.51. The normalized spacial score (nSPS) is 26.3. The lowest BCUT2D eigenvalue weighted by atomic mass is 10.4. The van der Waals surface area contributed by atoms with Gasteiger partial charge in [0.15, 0.2) is 0 Å². The van der Waals surface area contributed by atoms with Gasteiger partial charge in [0, 0.05) is 20.6 Å². The van der Waals surface area contributed by atoms with Gasteiger partial charge in [0.2, 0.25) is 10.0 Å². The van der Waals surface area contributed by atoms with Crippen LogP contribution in [0.15, 0.2) is 0 Å². The smallest absolute Gasteiger partial charge is 0.217 e. The lowest BCUT2D eigenvalue weighted by Crippen LogP contribution is -2.34. The Bertz CT molecular complexity index is 217. The molecule has 1 heterocycles. The summed E-state index contributed by atoms with van der Waals surface area (Å²) in [7, 11) is 0.148. The van der Waals surface area contributed by atoms with Crippen molar-refractivity contribution in [1.29, 1.82) is 0 Å². The minimum Gasteiger partial charge on any atom is -0.315 e. The van der Waals surface area contributed by atoms with E-state index >= 15 is 0 Å². The van der Waals surface area contributed by atoms with Crippen molar-refractivity contribution in [2.24, 2.45) is 0 Å². The van der Waals surface area contributed by atoms with E-state index in [2.05, 4.69) is 5.32 Å². The summed E-state index contributed by atoms with van der Waals surface area (Å²) in [6, 6.07) is 0. The van der Waals surface area contributed by atoms with Crippen LogP contribution < -0.4 is 5.32 Å². The van der Waals surface area contributed by atoms with Gasteiger partial charge in [-0.25, -0.2) is 12.7 Å². The first kappa shape index (κ1) is 8.96. The molecule has 0 saturated carbocycles. The van der Waals surface area contributed by atoms with Crippen molar-refractivity contribution in [1.82, 2.24) is 9.62 Å². The van der Waals surface area contributed by atoms with E-state index in [0.717, 1.165) is 13.0 Å². The molecule has 11 heavy (non-hydrogen) atoms. The van der Waals surface area contributed by atoms with Crippen molar-refractivity contribution in [2.75, 3.05) is 27.2 Å². The maximum Gasteiger partial charge on any atom is 0.217 e. The Hall–Kier alpha value is -0.130. The molecule has 0 bridgehead atoms. The number of rotatable bonds is 2. The zero-order valence-electron chi connectivity index (χ0n) is 6.87. The second kappa shape index (κ2) is 3.08. The summed E-state index contributed by atoms with van der Waals surface area (Å²) in [6.07, 6.45) is 0.737. The Labute approximate surface area is 67.6 Å². The lowest BCUT2D eigenvalue weighted by molar-refractivity contribution is 0.507. The molecule has 66 valence electrons. The summed E-state index contributed by atoms with van der Waals surface area (Å²) in [4.78, 5) is 0. The highest BCUT2D eigenvalue weighted by Gasteiger charge is 2.29. The molecule has 1 rings (SSSR count). The predicted molar refractivity (Wildman–Crippen MR) is 43.9 cm³/mol. The maximum absolute atomic E-state index is 11.4. The quantitative estimate of drug-likeness (QED) is 0.604. The Morgan fingerprint density at radius 2 is 2.09 bits per heavy atom. The molecule has 1 aliphatic rings. The molecule has 1 saturated heterocycles. The van der Waals surface area contributed by atoms with Gasteiger partial charge in [-0.3, -0.25) is 0 Å². The Morgan fingerprint density at radius 1 is 1.45 bits per heavy atom. The zero-order valence-corrected chi connectivity index (χ0v) is 7.69. The van der Waals surface area contributed by atoms with Crippen molar-refractivity contribution in [3.8, 4) is 0 Å². The predicted octanol–water partition coefficient (Wildman–Crippen LogP) is -0.760. The van der Waals surface area contributed by atoms with Crippen molar-refractivity contribution in [3.05, 3.63) is 0 Å².